The number of amides is 1. The molecule has 2 aromatic rings. The van der Waals surface area contributed by atoms with Gasteiger partial charge in [-0.15, -0.1) is 0 Å². The Balaban J connectivity index is 1.93. The zero-order valence-corrected chi connectivity index (χ0v) is 14.7. The van der Waals surface area contributed by atoms with Gasteiger partial charge in [-0.05, 0) is 57.0 Å². The van der Waals surface area contributed by atoms with Gasteiger partial charge < -0.3 is 15.4 Å². The van der Waals surface area contributed by atoms with E-state index in [1.54, 1.807) is 25.4 Å². The lowest BCUT2D eigenvalue weighted by Crippen LogP contribution is -2.40. The smallest absolute Gasteiger partial charge is 0.251 e. The van der Waals surface area contributed by atoms with Crippen LogP contribution in [0.3, 0.4) is 0 Å². The van der Waals surface area contributed by atoms with Gasteiger partial charge in [0.15, 0.2) is 0 Å². The zero-order chi connectivity index (χ0) is 17.6. The first-order valence-corrected chi connectivity index (χ1v) is 8.03. The fraction of sp³-hybridized carbons (Fsp3) is 0.368. The number of carbonyl (C=O) groups is 1. The molecule has 0 saturated carbocycles. The Labute approximate surface area is 143 Å². The monoisotopic (exact) mass is 327 g/mol. The summed E-state index contributed by atoms with van der Waals surface area (Å²) in [7, 11) is 1.66. The summed E-state index contributed by atoms with van der Waals surface area (Å²) in [5.41, 5.74) is 1.52. The summed E-state index contributed by atoms with van der Waals surface area (Å²) < 4.78 is 5.22. The molecule has 0 aliphatic carbocycles. The highest BCUT2D eigenvalue weighted by Crippen LogP contribution is 2.14. The normalized spacial score (nSPS) is 11.0. The second-order valence-electron chi connectivity index (χ2n) is 6.66. The fourth-order valence-corrected chi connectivity index (χ4v) is 2.24. The minimum absolute atomic E-state index is 0.0965. The number of nitrogens with one attached hydrogen (secondary N) is 2. The summed E-state index contributed by atoms with van der Waals surface area (Å²) in [4.78, 5) is 16.5. The standard InChI is InChI=1S/C19H25N3O2/c1-19(2,3)22-18(23)15-9-11-21-17(13-15)20-10-8-14-6-5-7-16(12-14)24-4/h5-7,9,11-13H,8,10H2,1-4H3,(H,20,21)(H,22,23). The van der Waals surface area contributed by atoms with Crippen LogP contribution in [0.1, 0.15) is 36.7 Å². The summed E-state index contributed by atoms with van der Waals surface area (Å²) in [6.45, 7) is 6.60. The molecule has 0 unspecified atom stereocenters. The highest BCUT2D eigenvalue weighted by Gasteiger charge is 2.15. The maximum absolute atomic E-state index is 12.2. The molecule has 2 N–H and O–H groups in total. The number of anilines is 1. The number of benzene rings is 1. The molecular formula is C19H25N3O2. The fourth-order valence-electron chi connectivity index (χ4n) is 2.24. The minimum atomic E-state index is -0.264. The number of methoxy groups -OCH3 is 1. The second kappa shape index (κ2) is 7.81. The lowest BCUT2D eigenvalue weighted by atomic mass is 10.1. The van der Waals surface area contributed by atoms with E-state index in [4.69, 9.17) is 4.74 Å². The molecule has 0 aliphatic heterocycles. The maximum Gasteiger partial charge on any atom is 0.251 e. The summed E-state index contributed by atoms with van der Waals surface area (Å²) in [6, 6.07) is 11.5. The number of aromatic nitrogens is 1. The number of pyridine rings is 1. The van der Waals surface area contributed by atoms with Gasteiger partial charge in [0.05, 0.1) is 7.11 Å². The van der Waals surface area contributed by atoms with Gasteiger partial charge in [0.25, 0.3) is 5.91 Å². The molecule has 0 bridgehead atoms. The Hall–Kier alpha value is -2.56. The highest BCUT2D eigenvalue weighted by molar-refractivity contribution is 5.95. The Morgan fingerprint density at radius 1 is 1.21 bits per heavy atom. The van der Waals surface area contributed by atoms with E-state index in [0.717, 1.165) is 18.7 Å². The Kier molecular flexibility index (Phi) is 5.79. The molecule has 0 spiro atoms. The summed E-state index contributed by atoms with van der Waals surface area (Å²) >= 11 is 0. The molecule has 1 amide bonds. The molecule has 0 aliphatic rings. The van der Waals surface area contributed by atoms with E-state index in [-0.39, 0.29) is 11.4 Å². The Bertz CT molecular complexity index is 693. The van der Waals surface area contributed by atoms with Crippen molar-refractivity contribution in [2.75, 3.05) is 19.0 Å². The third kappa shape index (κ3) is 5.57. The molecule has 1 aromatic heterocycles. The maximum atomic E-state index is 12.2. The lowest BCUT2D eigenvalue weighted by Gasteiger charge is -2.20. The van der Waals surface area contributed by atoms with Crippen molar-refractivity contribution in [1.82, 2.24) is 10.3 Å². The van der Waals surface area contributed by atoms with Crippen LogP contribution in [0, 0.1) is 0 Å². The van der Waals surface area contributed by atoms with E-state index in [1.165, 1.54) is 5.56 Å². The molecular weight excluding hydrogens is 302 g/mol. The first-order valence-electron chi connectivity index (χ1n) is 8.03. The van der Waals surface area contributed by atoms with Gasteiger partial charge in [-0.2, -0.15) is 0 Å². The summed E-state index contributed by atoms with van der Waals surface area (Å²) in [5.74, 6) is 1.45. The highest BCUT2D eigenvalue weighted by atomic mass is 16.5. The Morgan fingerprint density at radius 3 is 2.71 bits per heavy atom. The lowest BCUT2D eigenvalue weighted by molar-refractivity contribution is 0.0919. The number of nitrogens with zero attached hydrogens (tertiary/aromatic N) is 1. The van der Waals surface area contributed by atoms with Crippen LogP contribution in [0.2, 0.25) is 0 Å². The third-order valence-corrected chi connectivity index (χ3v) is 3.36. The molecule has 1 aromatic carbocycles. The minimum Gasteiger partial charge on any atom is -0.497 e. The van der Waals surface area contributed by atoms with Crippen molar-refractivity contribution in [2.45, 2.75) is 32.7 Å². The summed E-state index contributed by atoms with van der Waals surface area (Å²) in [6.07, 6.45) is 2.49. The van der Waals surface area contributed by atoms with Gasteiger partial charge >= 0.3 is 0 Å². The molecule has 0 atom stereocenters. The van der Waals surface area contributed by atoms with Crippen molar-refractivity contribution < 1.29 is 9.53 Å². The first-order chi connectivity index (χ1) is 11.4. The van der Waals surface area contributed by atoms with Crippen LogP contribution >= 0.6 is 0 Å². The molecule has 5 heteroatoms. The third-order valence-electron chi connectivity index (χ3n) is 3.36. The Morgan fingerprint density at radius 2 is 2.00 bits per heavy atom. The predicted octanol–water partition coefficient (Wildman–Crippen LogP) is 3.27. The first kappa shape index (κ1) is 17.8. The van der Waals surface area contributed by atoms with Gasteiger partial charge in [0, 0.05) is 23.8 Å². The predicted molar refractivity (Wildman–Crippen MR) is 96.6 cm³/mol. The van der Waals surface area contributed by atoms with E-state index < -0.39 is 0 Å². The van der Waals surface area contributed by atoms with Gasteiger partial charge in [-0.3, -0.25) is 4.79 Å². The van der Waals surface area contributed by atoms with Gasteiger partial charge in [0.1, 0.15) is 11.6 Å². The number of hydrogen-bond acceptors (Lipinski definition) is 4. The van der Waals surface area contributed by atoms with Gasteiger partial charge in [-0.1, -0.05) is 12.1 Å². The van der Waals surface area contributed by atoms with Crippen molar-refractivity contribution in [3.05, 3.63) is 53.7 Å². The van der Waals surface area contributed by atoms with E-state index in [9.17, 15) is 4.79 Å². The van der Waals surface area contributed by atoms with E-state index >= 15 is 0 Å². The van der Waals surface area contributed by atoms with Crippen molar-refractivity contribution in [2.24, 2.45) is 0 Å². The SMILES string of the molecule is COc1cccc(CCNc2cc(C(=O)NC(C)(C)C)ccn2)c1. The molecule has 24 heavy (non-hydrogen) atoms. The average molecular weight is 327 g/mol. The molecule has 128 valence electrons. The van der Waals surface area contributed by atoms with Crippen molar-refractivity contribution in [1.29, 1.82) is 0 Å². The average Bonchev–Trinajstić information content (AvgIpc) is 2.54. The van der Waals surface area contributed by atoms with Crippen LogP contribution in [0.15, 0.2) is 42.6 Å². The molecule has 0 fully saturated rings. The molecule has 1 heterocycles. The van der Waals surface area contributed by atoms with Crippen LogP contribution in [-0.2, 0) is 6.42 Å². The van der Waals surface area contributed by atoms with Crippen LogP contribution in [0.5, 0.6) is 5.75 Å². The van der Waals surface area contributed by atoms with E-state index in [1.807, 2.05) is 39.0 Å². The number of ether oxygens (including phenoxy) is 1. The molecule has 0 radical (unpaired) electrons. The van der Waals surface area contributed by atoms with Gasteiger partial charge in [-0.25, -0.2) is 4.98 Å². The van der Waals surface area contributed by atoms with Crippen LogP contribution in [0.25, 0.3) is 0 Å². The number of rotatable bonds is 6. The van der Waals surface area contributed by atoms with Crippen LogP contribution in [0.4, 0.5) is 5.82 Å². The second-order valence-corrected chi connectivity index (χ2v) is 6.66. The van der Waals surface area contributed by atoms with Crippen molar-refractivity contribution >= 4 is 11.7 Å². The quantitative estimate of drug-likeness (QED) is 0.855. The number of hydrogen-bond donors (Lipinski definition) is 2. The molecule has 2 rings (SSSR count). The van der Waals surface area contributed by atoms with Crippen LogP contribution in [-0.4, -0.2) is 30.1 Å². The van der Waals surface area contributed by atoms with Gasteiger partial charge in [0.2, 0.25) is 0 Å². The van der Waals surface area contributed by atoms with Crippen LogP contribution < -0.4 is 15.4 Å². The molecule has 5 nitrogen and oxygen atoms in total. The van der Waals surface area contributed by atoms with Crippen molar-refractivity contribution in [3.8, 4) is 5.75 Å². The zero-order valence-electron chi connectivity index (χ0n) is 14.7. The van der Waals surface area contributed by atoms with Crippen molar-refractivity contribution in [3.63, 3.8) is 0 Å². The summed E-state index contributed by atoms with van der Waals surface area (Å²) in [5, 5.41) is 6.21. The number of carbonyl (C=O) groups excluding carboxylic acids is 1. The van der Waals surface area contributed by atoms with E-state index in [2.05, 4.69) is 21.7 Å². The largest absolute Gasteiger partial charge is 0.497 e. The van der Waals surface area contributed by atoms with E-state index in [0.29, 0.717) is 11.4 Å². The molecule has 0 saturated heterocycles. The topological polar surface area (TPSA) is 63.2 Å².